The van der Waals surface area contributed by atoms with E-state index in [2.05, 4.69) is 4.74 Å². The summed E-state index contributed by atoms with van der Waals surface area (Å²) in [6.45, 7) is -1.03. The molecular weight excluding hydrogens is 240 g/mol. The van der Waals surface area contributed by atoms with Crippen molar-refractivity contribution in [1.82, 2.24) is 0 Å². The number of ketones is 1. The Labute approximate surface area is 104 Å². The van der Waals surface area contributed by atoms with Crippen molar-refractivity contribution in [2.45, 2.75) is 0 Å². The van der Waals surface area contributed by atoms with Crippen molar-refractivity contribution < 1.29 is 29.3 Å². The third-order valence-corrected chi connectivity index (χ3v) is 2.09. The maximum absolute atomic E-state index is 11.5. The normalized spacial score (nSPS) is 10.1. The smallest absolute Gasteiger partial charge is 0.338 e. The Morgan fingerprint density at radius 3 is 2.22 bits per heavy atom. The van der Waals surface area contributed by atoms with Crippen LogP contribution in [0.2, 0.25) is 0 Å². The molecule has 0 aromatic heterocycles. The first kappa shape index (κ1) is 14.3. The van der Waals surface area contributed by atoms with Gasteiger partial charge >= 0.3 is 5.97 Å². The third-order valence-electron chi connectivity index (χ3n) is 2.09. The quantitative estimate of drug-likeness (QED) is 0.403. The average molecular weight is 254 g/mol. The molecule has 0 amide bonds. The Bertz CT molecular complexity index is 359. The lowest BCUT2D eigenvalue weighted by molar-refractivity contribution is 0.00350. The van der Waals surface area contributed by atoms with Crippen molar-refractivity contribution in [3.05, 3.63) is 35.4 Å². The molecule has 6 heteroatoms. The van der Waals surface area contributed by atoms with E-state index in [1.807, 2.05) is 0 Å². The highest BCUT2D eigenvalue weighted by molar-refractivity contribution is 5.98. The molecule has 2 N–H and O–H groups in total. The van der Waals surface area contributed by atoms with Gasteiger partial charge in [-0.25, -0.2) is 4.79 Å². The summed E-state index contributed by atoms with van der Waals surface area (Å²) < 4.78 is 9.28. The summed E-state index contributed by atoms with van der Waals surface area (Å²) in [5.74, 6) is -0.853. The van der Waals surface area contributed by atoms with Crippen LogP contribution in [0.5, 0.6) is 0 Å². The van der Waals surface area contributed by atoms with Crippen LogP contribution in [-0.2, 0) is 9.47 Å². The number of hydrogen-bond donors (Lipinski definition) is 2. The zero-order valence-electron chi connectivity index (χ0n) is 9.67. The first-order valence-corrected chi connectivity index (χ1v) is 5.29. The SMILES string of the molecule is O=C(COCO)c1ccc(C(=O)OCCO)cc1. The second-order valence-corrected chi connectivity index (χ2v) is 3.34. The maximum atomic E-state index is 11.5. The Morgan fingerprint density at radius 1 is 1.06 bits per heavy atom. The molecule has 0 aliphatic rings. The number of esters is 1. The summed E-state index contributed by atoms with van der Waals surface area (Å²) in [7, 11) is 0. The fourth-order valence-corrected chi connectivity index (χ4v) is 1.24. The van der Waals surface area contributed by atoms with E-state index in [9.17, 15) is 9.59 Å². The van der Waals surface area contributed by atoms with Gasteiger partial charge in [-0.1, -0.05) is 12.1 Å². The first-order valence-electron chi connectivity index (χ1n) is 5.29. The van der Waals surface area contributed by atoms with Crippen molar-refractivity contribution >= 4 is 11.8 Å². The molecular formula is C12H14O6. The Morgan fingerprint density at radius 2 is 1.67 bits per heavy atom. The number of rotatable bonds is 7. The van der Waals surface area contributed by atoms with Gasteiger partial charge in [0.05, 0.1) is 12.2 Å². The standard InChI is InChI=1S/C12H14O6/c13-5-6-18-12(16)10-3-1-9(2-4-10)11(15)7-17-8-14/h1-4,13-14H,5-8H2. The van der Waals surface area contributed by atoms with Crippen LogP contribution in [0, 0.1) is 0 Å². The van der Waals surface area contributed by atoms with Crippen molar-refractivity contribution in [3.8, 4) is 0 Å². The summed E-state index contributed by atoms with van der Waals surface area (Å²) in [4.78, 5) is 22.9. The van der Waals surface area contributed by atoms with Gasteiger partial charge in [-0.05, 0) is 12.1 Å². The molecule has 0 bridgehead atoms. The molecule has 0 fully saturated rings. The van der Waals surface area contributed by atoms with Gasteiger partial charge in [0, 0.05) is 5.56 Å². The first-order chi connectivity index (χ1) is 8.69. The predicted molar refractivity (Wildman–Crippen MR) is 61.2 cm³/mol. The van der Waals surface area contributed by atoms with Crippen LogP contribution in [0.1, 0.15) is 20.7 Å². The van der Waals surface area contributed by atoms with Crippen molar-refractivity contribution in [3.63, 3.8) is 0 Å². The Balaban J connectivity index is 2.62. The van der Waals surface area contributed by atoms with Gasteiger partial charge in [-0.2, -0.15) is 0 Å². The topological polar surface area (TPSA) is 93.1 Å². The molecule has 0 aliphatic heterocycles. The summed E-state index contributed by atoms with van der Waals surface area (Å²) in [5.41, 5.74) is 0.672. The number of hydrogen-bond acceptors (Lipinski definition) is 6. The highest BCUT2D eigenvalue weighted by Gasteiger charge is 2.09. The number of aliphatic hydroxyl groups excluding tert-OH is 2. The zero-order chi connectivity index (χ0) is 13.4. The van der Waals surface area contributed by atoms with E-state index < -0.39 is 12.8 Å². The Hall–Kier alpha value is -1.76. The van der Waals surface area contributed by atoms with Crippen LogP contribution in [0.15, 0.2) is 24.3 Å². The van der Waals surface area contributed by atoms with Crippen molar-refractivity contribution in [1.29, 1.82) is 0 Å². The lowest BCUT2D eigenvalue weighted by Gasteiger charge is -2.04. The monoisotopic (exact) mass is 254 g/mol. The van der Waals surface area contributed by atoms with Gasteiger partial charge in [0.2, 0.25) is 0 Å². The molecule has 1 aromatic rings. The number of ether oxygens (including phenoxy) is 2. The number of carbonyl (C=O) groups excluding carboxylic acids is 2. The summed E-state index contributed by atoms with van der Waals surface area (Å²) in [6, 6.07) is 5.84. The fourth-order valence-electron chi connectivity index (χ4n) is 1.24. The molecule has 18 heavy (non-hydrogen) atoms. The van der Waals surface area contributed by atoms with Gasteiger partial charge in [-0.15, -0.1) is 0 Å². The van der Waals surface area contributed by atoms with Crippen LogP contribution >= 0.6 is 0 Å². The molecule has 0 aliphatic carbocycles. The minimum absolute atomic E-state index is 0.0656. The van der Waals surface area contributed by atoms with E-state index in [4.69, 9.17) is 14.9 Å². The molecule has 98 valence electrons. The van der Waals surface area contributed by atoms with E-state index in [1.165, 1.54) is 24.3 Å². The molecule has 0 radical (unpaired) electrons. The molecule has 0 heterocycles. The summed E-state index contributed by atoms with van der Waals surface area (Å²) >= 11 is 0. The fraction of sp³-hybridized carbons (Fsp3) is 0.333. The largest absolute Gasteiger partial charge is 0.460 e. The minimum atomic E-state index is -0.561. The summed E-state index contributed by atoms with van der Waals surface area (Å²) in [6.07, 6.45) is 0. The van der Waals surface area contributed by atoms with Gasteiger partial charge in [0.25, 0.3) is 0 Å². The van der Waals surface area contributed by atoms with Gasteiger partial charge < -0.3 is 19.7 Å². The summed E-state index contributed by atoms with van der Waals surface area (Å²) in [5, 5.41) is 16.9. The molecule has 6 nitrogen and oxygen atoms in total. The van der Waals surface area contributed by atoms with Crippen LogP contribution in [0.25, 0.3) is 0 Å². The highest BCUT2D eigenvalue weighted by Crippen LogP contribution is 2.07. The van der Waals surface area contributed by atoms with Gasteiger partial charge in [-0.3, -0.25) is 4.79 Å². The number of carbonyl (C=O) groups is 2. The van der Waals surface area contributed by atoms with Crippen LogP contribution in [-0.4, -0.2) is 48.6 Å². The average Bonchev–Trinajstić information content (AvgIpc) is 2.42. The second-order valence-electron chi connectivity index (χ2n) is 3.34. The minimum Gasteiger partial charge on any atom is -0.460 e. The molecule has 1 aromatic carbocycles. The van der Waals surface area contributed by atoms with E-state index in [0.29, 0.717) is 11.1 Å². The third kappa shape index (κ3) is 4.25. The number of aliphatic hydroxyl groups is 2. The molecule has 0 saturated carbocycles. The lowest BCUT2D eigenvalue weighted by Crippen LogP contribution is -2.11. The van der Waals surface area contributed by atoms with Crippen molar-refractivity contribution in [2.24, 2.45) is 0 Å². The van der Waals surface area contributed by atoms with Crippen LogP contribution in [0.4, 0.5) is 0 Å². The van der Waals surface area contributed by atoms with E-state index in [0.717, 1.165) is 0 Å². The number of Topliss-reactive ketones (excluding diaryl/α,β-unsaturated/α-hetero) is 1. The van der Waals surface area contributed by atoms with Crippen LogP contribution < -0.4 is 0 Å². The molecule has 0 spiro atoms. The zero-order valence-corrected chi connectivity index (χ0v) is 9.67. The molecule has 0 atom stereocenters. The molecule has 0 saturated heterocycles. The van der Waals surface area contributed by atoms with Gasteiger partial charge in [0.1, 0.15) is 20.0 Å². The molecule has 1 rings (SSSR count). The van der Waals surface area contributed by atoms with E-state index in [-0.39, 0.29) is 25.6 Å². The maximum Gasteiger partial charge on any atom is 0.338 e. The van der Waals surface area contributed by atoms with Crippen LogP contribution in [0.3, 0.4) is 0 Å². The van der Waals surface area contributed by atoms with E-state index in [1.54, 1.807) is 0 Å². The molecule has 0 unspecified atom stereocenters. The van der Waals surface area contributed by atoms with Gasteiger partial charge in [0.15, 0.2) is 5.78 Å². The second kappa shape index (κ2) is 7.54. The Kier molecular flexibility index (Phi) is 5.99. The highest BCUT2D eigenvalue weighted by atomic mass is 16.6. The predicted octanol–water partition coefficient (Wildman–Crippen LogP) is -0.0152. The van der Waals surface area contributed by atoms with E-state index >= 15 is 0 Å². The lowest BCUT2D eigenvalue weighted by atomic mass is 10.1. The number of benzene rings is 1. The van der Waals surface area contributed by atoms with Crippen molar-refractivity contribution in [2.75, 3.05) is 26.6 Å².